The Morgan fingerprint density at radius 1 is 0.610 bits per heavy atom. The molecule has 6 aromatic rings. The van der Waals surface area contributed by atoms with Crippen LogP contribution in [-0.2, 0) is 0 Å². The number of carboxylic acid groups (broad SMARTS) is 1. The fourth-order valence-corrected chi connectivity index (χ4v) is 4.34. The van der Waals surface area contributed by atoms with Gasteiger partial charge in [-0.3, -0.25) is 4.79 Å². The van der Waals surface area contributed by atoms with E-state index in [1.165, 1.54) is 12.7 Å². The number of fused-ring (bicyclic) bond motifs is 2. The lowest BCUT2D eigenvalue weighted by atomic mass is 10.00. The average molecular weight is 546 g/mol. The van der Waals surface area contributed by atoms with E-state index in [-0.39, 0.29) is 13.0 Å². The highest BCUT2D eigenvalue weighted by Gasteiger charge is 2.10. The number of carbonyl (C=O) groups excluding carboxylic acids is 1. The SMILES string of the molecule is C.NC(=O)c1ccc2c(-c3cc(N)ncn3)cccc2c1.Nc1cc(-c2cccc3cc(C(=O)O)ccc23)ncn1. The van der Waals surface area contributed by atoms with Gasteiger partial charge in [-0.25, -0.2) is 24.7 Å². The Kier molecular flexibility index (Phi) is 8.14. The van der Waals surface area contributed by atoms with Crippen molar-refractivity contribution in [2.75, 3.05) is 11.5 Å². The smallest absolute Gasteiger partial charge is 0.335 e. The molecule has 204 valence electrons. The molecular weight excluding hydrogens is 518 g/mol. The van der Waals surface area contributed by atoms with Crippen LogP contribution in [0, 0.1) is 0 Å². The van der Waals surface area contributed by atoms with Gasteiger partial charge in [0.05, 0.1) is 17.0 Å². The van der Waals surface area contributed by atoms with Crippen LogP contribution >= 0.6 is 0 Å². The van der Waals surface area contributed by atoms with E-state index in [0.29, 0.717) is 22.9 Å². The lowest BCUT2D eigenvalue weighted by molar-refractivity contribution is 0.0696. The summed E-state index contributed by atoms with van der Waals surface area (Å²) in [6, 6.07) is 25.2. The van der Waals surface area contributed by atoms with Crippen LogP contribution in [0.25, 0.3) is 44.1 Å². The third-order valence-corrected chi connectivity index (χ3v) is 6.22. The fourth-order valence-electron chi connectivity index (χ4n) is 4.34. The standard InChI is InChI=1S/C15H12N4O.C15H11N3O2.CH4/c16-14-7-13(18-8-19-14)12-3-1-2-9-6-10(15(17)20)4-5-11(9)12;16-14-7-13(17-8-18-14)12-3-1-2-9-6-10(15(19)20)4-5-11(9)12;/h1-8H,(H2,17,20)(H2,16,18,19);1-8H,(H,19,20)(H2,16,17,18);1H4. The summed E-state index contributed by atoms with van der Waals surface area (Å²) in [7, 11) is 0. The van der Waals surface area contributed by atoms with E-state index in [2.05, 4.69) is 19.9 Å². The van der Waals surface area contributed by atoms with Crippen molar-refractivity contribution in [1.82, 2.24) is 19.9 Å². The number of hydrogen-bond acceptors (Lipinski definition) is 8. The highest BCUT2D eigenvalue weighted by molar-refractivity contribution is 6.02. The monoisotopic (exact) mass is 545 g/mol. The van der Waals surface area contributed by atoms with Gasteiger partial charge in [0.2, 0.25) is 5.91 Å². The molecule has 7 N–H and O–H groups in total. The van der Waals surface area contributed by atoms with E-state index in [0.717, 1.165) is 38.4 Å². The molecule has 0 spiro atoms. The minimum atomic E-state index is -0.941. The molecule has 0 saturated carbocycles. The third kappa shape index (κ3) is 6.07. The molecular formula is C31H27N7O3. The molecule has 0 atom stereocenters. The molecule has 0 saturated heterocycles. The summed E-state index contributed by atoms with van der Waals surface area (Å²) in [4.78, 5) is 38.4. The summed E-state index contributed by atoms with van der Waals surface area (Å²) in [6.45, 7) is 0. The van der Waals surface area contributed by atoms with E-state index in [1.807, 2.05) is 42.5 Å². The van der Waals surface area contributed by atoms with Crippen LogP contribution in [-0.4, -0.2) is 36.9 Å². The molecule has 41 heavy (non-hydrogen) atoms. The van der Waals surface area contributed by atoms with Gasteiger partial charge >= 0.3 is 5.97 Å². The Morgan fingerprint density at radius 2 is 1.07 bits per heavy atom. The summed E-state index contributed by atoms with van der Waals surface area (Å²) < 4.78 is 0. The summed E-state index contributed by atoms with van der Waals surface area (Å²) in [5, 5.41) is 12.7. The number of rotatable bonds is 4. The van der Waals surface area contributed by atoms with E-state index >= 15 is 0 Å². The van der Waals surface area contributed by atoms with E-state index in [4.69, 9.17) is 22.3 Å². The van der Waals surface area contributed by atoms with Crippen LogP contribution in [0.15, 0.2) is 97.6 Å². The van der Waals surface area contributed by atoms with Gasteiger partial charge in [0.1, 0.15) is 24.3 Å². The van der Waals surface area contributed by atoms with Gasteiger partial charge < -0.3 is 22.3 Å². The average Bonchev–Trinajstić information content (AvgIpc) is 2.96. The molecule has 6 rings (SSSR count). The van der Waals surface area contributed by atoms with Crippen LogP contribution in [0.4, 0.5) is 11.6 Å². The first-order chi connectivity index (χ1) is 19.3. The molecule has 2 heterocycles. The molecule has 0 aliphatic heterocycles. The Hall–Kier alpha value is -5.90. The van der Waals surface area contributed by atoms with Crippen molar-refractivity contribution >= 4 is 45.1 Å². The number of nitrogens with zero attached hydrogens (tertiary/aromatic N) is 4. The highest BCUT2D eigenvalue weighted by atomic mass is 16.4. The topological polar surface area (TPSA) is 184 Å². The first kappa shape index (κ1) is 28.1. The Bertz CT molecular complexity index is 1770. The number of benzene rings is 4. The maximum absolute atomic E-state index is 11.2. The molecule has 4 aromatic carbocycles. The van der Waals surface area contributed by atoms with Crippen LogP contribution in [0.5, 0.6) is 0 Å². The number of aromatic carboxylic acids is 1. The minimum absolute atomic E-state index is 0. The van der Waals surface area contributed by atoms with Crippen molar-refractivity contribution in [2.45, 2.75) is 7.43 Å². The van der Waals surface area contributed by atoms with Crippen molar-refractivity contribution in [3.63, 3.8) is 0 Å². The zero-order valence-electron chi connectivity index (χ0n) is 21.0. The summed E-state index contributed by atoms with van der Waals surface area (Å²) in [5.41, 5.74) is 20.7. The summed E-state index contributed by atoms with van der Waals surface area (Å²) in [5.74, 6) is -0.568. The van der Waals surface area contributed by atoms with Gasteiger partial charge in [-0.1, -0.05) is 56.0 Å². The Morgan fingerprint density at radius 3 is 1.51 bits per heavy atom. The number of anilines is 2. The summed E-state index contributed by atoms with van der Waals surface area (Å²) >= 11 is 0. The van der Waals surface area contributed by atoms with Crippen molar-refractivity contribution < 1.29 is 14.7 Å². The highest BCUT2D eigenvalue weighted by Crippen LogP contribution is 2.29. The van der Waals surface area contributed by atoms with Crippen LogP contribution in [0.3, 0.4) is 0 Å². The number of primary amides is 1. The van der Waals surface area contributed by atoms with Crippen LogP contribution in [0.1, 0.15) is 28.1 Å². The van der Waals surface area contributed by atoms with E-state index < -0.39 is 11.9 Å². The van der Waals surface area contributed by atoms with Gasteiger partial charge in [-0.15, -0.1) is 0 Å². The van der Waals surface area contributed by atoms with Gasteiger partial charge in [0.15, 0.2) is 0 Å². The van der Waals surface area contributed by atoms with Gasteiger partial charge in [-0.05, 0) is 45.8 Å². The van der Waals surface area contributed by atoms with Gasteiger partial charge in [-0.2, -0.15) is 0 Å². The normalized spacial score (nSPS) is 10.3. The van der Waals surface area contributed by atoms with Crippen molar-refractivity contribution in [2.24, 2.45) is 5.73 Å². The molecule has 2 aromatic heterocycles. The second-order valence-electron chi connectivity index (χ2n) is 8.81. The number of carbonyl (C=O) groups is 2. The quantitative estimate of drug-likeness (QED) is 0.231. The lowest BCUT2D eigenvalue weighted by Crippen LogP contribution is -2.10. The van der Waals surface area contributed by atoms with Crippen molar-refractivity contribution in [1.29, 1.82) is 0 Å². The van der Waals surface area contributed by atoms with Gasteiger partial charge in [0, 0.05) is 28.8 Å². The zero-order chi connectivity index (χ0) is 28.2. The summed E-state index contributed by atoms with van der Waals surface area (Å²) in [6.07, 6.45) is 2.84. The number of nitrogens with two attached hydrogens (primary N) is 3. The van der Waals surface area contributed by atoms with Crippen molar-refractivity contribution in [3.05, 3.63) is 109 Å². The lowest BCUT2D eigenvalue weighted by Gasteiger charge is -2.07. The number of nitrogen functional groups attached to an aromatic ring is 2. The Balaban J connectivity index is 0.000000184. The number of carboxylic acids is 1. The molecule has 0 unspecified atom stereocenters. The third-order valence-electron chi connectivity index (χ3n) is 6.22. The molecule has 0 aliphatic carbocycles. The molecule has 1 amide bonds. The molecule has 0 fully saturated rings. The van der Waals surface area contributed by atoms with E-state index in [1.54, 1.807) is 42.5 Å². The molecule has 0 aliphatic rings. The first-order valence-corrected chi connectivity index (χ1v) is 12.0. The van der Waals surface area contributed by atoms with Crippen LogP contribution in [0.2, 0.25) is 0 Å². The Labute approximate surface area is 235 Å². The first-order valence-electron chi connectivity index (χ1n) is 12.0. The fraction of sp³-hybridized carbons (Fsp3) is 0.0323. The molecule has 0 radical (unpaired) electrons. The predicted octanol–water partition coefficient (Wildman–Crippen LogP) is 5.19. The predicted molar refractivity (Wildman–Crippen MR) is 161 cm³/mol. The van der Waals surface area contributed by atoms with Gasteiger partial charge in [0.25, 0.3) is 0 Å². The van der Waals surface area contributed by atoms with E-state index in [9.17, 15) is 9.59 Å². The number of amides is 1. The maximum atomic E-state index is 11.2. The van der Waals surface area contributed by atoms with Crippen molar-refractivity contribution in [3.8, 4) is 22.5 Å². The maximum Gasteiger partial charge on any atom is 0.335 e. The largest absolute Gasteiger partial charge is 0.478 e. The second kappa shape index (κ2) is 11.9. The zero-order valence-corrected chi connectivity index (χ0v) is 21.0. The molecule has 10 heteroatoms. The number of aromatic nitrogens is 4. The second-order valence-corrected chi connectivity index (χ2v) is 8.81. The number of hydrogen-bond donors (Lipinski definition) is 4. The minimum Gasteiger partial charge on any atom is -0.478 e. The molecule has 10 nitrogen and oxygen atoms in total. The molecule has 0 bridgehead atoms. The van der Waals surface area contributed by atoms with Crippen LogP contribution < -0.4 is 17.2 Å².